The number of hydrogen-bond acceptors (Lipinski definition) is 1. The Balaban J connectivity index is 4.06. The summed E-state index contributed by atoms with van der Waals surface area (Å²) in [6, 6.07) is 0. The van der Waals surface area contributed by atoms with Crippen LogP contribution in [0.25, 0.3) is 0 Å². The minimum Gasteiger partial charge on any atom is -0.310 e. The van der Waals surface area contributed by atoms with Crippen LogP contribution >= 0.6 is 7.14 Å². The zero-order valence-corrected chi connectivity index (χ0v) is 6.24. The molecule has 0 unspecified atom stereocenters. The Morgan fingerprint density at radius 1 is 1.50 bits per heavy atom. The average molecular weight is 130 g/mol. The molecule has 0 saturated heterocycles. The highest BCUT2D eigenvalue weighted by molar-refractivity contribution is 7.68. The first-order chi connectivity index (χ1) is 3.68. The van der Waals surface area contributed by atoms with Crippen molar-refractivity contribution in [3.05, 3.63) is 0 Å². The lowest BCUT2D eigenvalue weighted by atomic mass is 11.0. The third-order valence-corrected chi connectivity index (χ3v) is 3.77. The molecule has 0 heterocycles. The summed E-state index contributed by atoms with van der Waals surface area (Å²) in [7, 11) is -2.13. The van der Waals surface area contributed by atoms with Gasteiger partial charge in [0, 0.05) is 12.3 Å². The van der Waals surface area contributed by atoms with Gasteiger partial charge in [-0.2, -0.15) is 0 Å². The Morgan fingerprint density at radius 3 is 1.88 bits per heavy atom. The zero-order valence-electron chi connectivity index (χ0n) is 5.35. The first-order valence-electron chi connectivity index (χ1n) is 2.74. The van der Waals surface area contributed by atoms with Crippen LogP contribution in [0, 0.1) is 12.1 Å². The van der Waals surface area contributed by atoms with Gasteiger partial charge in [0.05, 0.1) is 0 Å². The van der Waals surface area contributed by atoms with Crippen LogP contribution in [-0.4, -0.2) is 12.3 Å². The molecule has 0 N–H and O–H groups in total. The topological polar surface area (TPSA) is 17.1 Å². The summed E-state index contributed by atoms with van der Waals surface area (Å²) < 4.78 is 11.1. The minimum atomic E-state index is -2.13. The van der Waals surface area contributed by atoms with Crippen molar-refractivity contribution in [3.8, 4) is 12.1 Å². The molecule has 0 aromatic heterocycles. The summed E-state index contributed by atoms with van der Waals surface area (Å²) in [5.74, 6) is 0. The molecule has 0 aromatic rings. The maximum absolute atomic E-state index is 11.1. The third kappa shape index (κ3) is 1.72. The molecule has 46 valence electrons. The predicted octanol–water partition coefficient (Wildman–Crippen LogP) is 1.98. The molecule has 0 aliphatic rings. The van der Waals surface area contributed by atoms with Crippen molar-refractivity contribution in [1.82, 2.24) is 0 Å². The Hall–Kier alpha value is -0.210. The number of terminal acetylenes is 1. The molecule has 0 aromatic carbocycles. The predicted molar refractivity (Wildman–Crippen MR) is 37.5 cm³/mol. The Kier molecular flexibility index (Phi) is 2.87. The normalized spacial score (nSPS) is 10.6. The molecule has 0 saturated carbocycles. The molecule has 2 heteroatoms. The van der Waals surface area contributed by atoms with Gasteiger partial charge in [-0.3, -0.25) is 0 Å². The monoisotopic (exact) mass is 130 g/mol. The van der Waals surface area contributed by atoms with E-state index in [1.807, 2.05) is 13.8 Å². The van der Waals surface area contributed by atoms with Crippen LogP contribution in [0.5, 0.6) is 0 Å². The largest absolute Gasteiger partial charge is 0.310 e. The smallest absolute Gasteiger partial charge is 0.154 e. The first kappa shape index (κ1) is 7.79. The van der Waals surface area contributed by atoms with E-state index in [2.05, 4.69) is 5.66 Å². The molecule has 0 aliphatic heterocycles. The summed E-state index contributed by atoms with van der Waals surface area (Å²) in [5.41, 5.74) is 2.33. The van der Waals surface area contributed by atoms with E-state index < -0.39 is 7.14 Å². The second kappa shape index (κ2) is 2.95. The van der Waals surface area contributed by atoms with Gasteiger partial charge in [0.2, 0.25) is 0 Å². The van der Waals surface area contributed by atoms with E-state index in [1.165, 1.54) is 0 Å². The molecule has 0 amide bonds. The van der Waals surface area contributed by atoms with Crippen molar-refractivity contribution in [2.75, 3.05) is 12.3 Å². The maximum atomic E-state index is 11.1. The lowest BCUT2D eigenvalue weighted by Crippen LogP contribution is -1.83. The molecule has 8 heavy (non-hydrogen) atoms. The fraction of sp³-hybridized carbons (Fsp3) is 0.667. The van der Waals surface area contributed by atoms with Gasteiger partial charge in [-0.05, 0) is 5.66 Å². The quantitative estimate of drug-likeness (QED) is 0.412. The van der Waals surface area contributed by atoms with E-state index in [-0.39, 0.29) is 0 Å². The van der Waals surface area contributed by atoms with Gasteiger partial charge in [-0.1, -0.05) is 13.8 Å². The lowest BCUT2D eigenvalue weighted by Gasteiger charge is -2.01. The van der Waals surface area contributed by atoms with Crippen LogP contribution in [0.3, 0.4) is 0 Å². The number of rotatable bonds is 2. The van der Waals surface area contributed by atoms with Gasteiger partial charge in [-0.25, -0.2) is 0 Å². The third-order valence-electron chi connectivity index (χ3n) is 1.26. The molecule has 0 radical (unpaired) electrons. The van der Waals surface area contributed by atoms with Gasteiger partial charge in [0.25, 0.3) is 0 Å². The molecule has 0 spiro atoms. The van der Waals surface area contributed by atoms with Crippen LogP contribution in [-0.2, 0) is 4.57 Å². The first-order valence-corrected chi connectivity index (χ1v) is 4.82. The van der Waals surface area contributed by atoms with Crippen molar-refractivity contribution in [1.29, 1.82) is 0 Å². The number of hydrogen-bond donors (Lipinski definition) is 0. The van der Waals surface area contributed by atoms with E-state index in [1.54, 1.807) is 0 Å². The summed E-state index contributed by atoms with van der Waals surface area (Å²) in [6.07, 6.45) is 6.29. The zero-order chi connectivity index (χ0) is 6.62. The molecular weight excluding hydrogens is 119 g/mol. The van der Waals surface area contributed by atoms with Crippen molar-refractivity contribution < 1.29 is 4.57 Å². The average Bonchev–Trinajstić information content (AvgIpc) is 1.87. The summed E-state index contributed by atoms with van der Waals surface area (Å²) in [5, 5.41) is 0. The molecule has 0 aliphatic carbocycles. The van der Waals surface area contributed by atoms with E-state index in [0.717, 1.165) is 0 Å². The van der Waals surface area contributed by atoms with Crippen LogP contribution in [0.15, 0.2) is 0 Å². The summed E-state index contributed by atoms with van der Waals surface area (Å²) >= 11 is 0. The van der Waals surface area contributed by atoms with Crippen molar-refractivity contribution in [3.63, 3.8) is 0 Å². The maximum Gasteiger partial charge on any atom is 0.154 e. The molecule has 1 nitrogen and oxygen atoms in total. The lowest BCUT2D eigenvalue weighted by molar-refractivity contribution is 0.583. The second-order valence-corrected chi connectivity index (χ2v) is 4.95. The van der Waals surface area contributed by atoms with Gasteiger partial charge in [0.1, 0.15) is 0 Å². The van der Waals surface area contributed by atoms with Crippen LogP contribution < -0.4 is 0 Å². The molecule has 0 rings (SSSR count). The van der Waals surface area contributed by atoms with E-state index in [4.69, 9.17) is 6.42 Å². The van der Waals surface area contributed by atoms with Crippen molar-refractivity contribution in [2.45, 2.75) is 13.8 Å². The van der Waals surface area contributed by atoms with E-state index >= 15 is 0 Å². The van der Waals surface area contributed by atoms with Gasteiger partial charge in [-0.15, -0.1) is 6.42 Å². The SMILES string of the molecule is C#CP(=O)(CC)CC. The molecule has 0 atom stereocenters. The standard InChI is InChI=1S/C6H11OP/c1-4-8(7,5-2)6-3/h1H,5-6H2,2-3H3. The summed E-state index contributed by atoms with van der Waals surface area (Å²) in [6.45, 7) is 3.73. The Labute approximate surface area is 50.9 Å². The highest BCUT2D eigenvalue weighted by Crippen LogP contribution is 2.42. The second-order valence-electron chi connectivity index (χ2n) is 1.65. The van der Waals surface area contributed by atoms with Crippen molar-refractivity contribution in [2.24, 2.45) is 0 Å². The Morgan fingerprint density at radius 2 is 1.88 bits per heavy atom. The molecule has 0 fully saturated rings. The van der Waals surface area contributed by atoms with Gasteiger partial charge >= 0.3 is 0 Å². The van der Waals surface area contributed by atoms with Gasteiger partial charge < -0.3 is 4.57 Å². The highest BCUT2D eigenvalue weighted by Gasteiger charge is 2.10. The van der Waals surface area contributed by atoms with E-state index in [0.29, 0.717) is 12.3 Å². The fourth-order valence-corrected chi connectivity index (χ4v) is 1.22. The van der Waals surface area contributed by atoms with E-state index in [9.17, 15) is 4.57 Å². The van der Waals surface area contributed by atoms with Crippen LogP contribution in [0.2, 0.25) is 0 Å². The molecular formula is C6H11OP. The fourth-order valence-electron chi connectivity index (χ4n) is 0.406. The van der Waals surface area contributed by atoms with Crippen LogP contribution in [0.1, 0.15) is 13.8 Å². The van der Waals surface area contributed by atoms with Crippen molar-refractivity contribution >= 4 is 7.14 Å². The minimum absolute atomic E-state index is 0.639. The van der Waals surface area contributed by atoms with Crippen LogP contribution in [0.4, 0.5) is 0 Å². The highest BCUT2D eigenvalue weighted by atomic mass is 31.2. The Bertz CT molecular complexity index is 135. The summed E-state index contributed by atoms with van der Waals surface area (Å²) in [4.78, 5) is 0. The van der Waals surface area contributed by atoms with Gasteiger partial charge in [0.15, 0.2) is 7.14 Å². The molecule has 0 bridgehead atoms.